The molecule has 4 aromatic rings. The van der Waals surface area contributed by atoms with E-state index in [-0.39, 0.29) is 0 Å². The van der Waals surface area contributed by atoms with Gasteiger partial charge in [-0.3, -0.25) is 0 Å². The maximum Gasteiger partial charge on any atom is 0.131 e. The first-order valence-corrected chi connectivity index (χ1v) is 8.75. The number of ether oxygens (including phenoxy) is 2. The highest BCUT2D eigenvalue weighted by molar-refractivity contribution is 5.93. The largest absolute Gasteiger partial charge is 0.488 e. The minimum absolute atomic E-state index is 0.535. The molecule has 0 aliphatic rings. The molecule has 2 nitrogen and oxygen atoms in total. The van der Waals surface area contributed by atoms with Gasteiger partial charge in [0.05, 0.1) is 5.39 Å². The number of hydrogen-bond acceptors (Lipinski definition) is 2. The smallest absolute Gasteiger partial charge is 0.131 e. The second-order valence-electron chi connectivity index (χ2n) is 6.16. The maximum absolute atomic E-state index is 6.12. The predicted octanol–water partition coefficient (Wildman–Crippen LogP) is 6.00. The molecule has 0 heterocycles. The second kappa shape index (κ2) is 7.75. The van der Waals surface area contributed by atoms with Crippen LogP contribution in [0.4, 0.5) is 0 Å². The molecule has 4 aromatic carbocycles. The predicted molar refractivity (Wildman–Crippen MR) is 105 cm³/mol. The minimum Gasteiger partial charge on any atom is -0.488 e. The van der Waals surface area contributed by atoms with Crippen molar-refractivity contribution in [3.63, 3.8) is 0 Å². The van der Waals surface area contributed by atoms with Gasteiger partial charge in [0.15, 0.2) is 0 Å². The Morgan fingerprint density at radius 3 is 1.38 bits per heavy atom. The summed E-state index contributed by atoms with van der Waals surface area (Å²) < 4.78 is 12.2. The lowest BCUT2D eigenvalue weighted by Gasteiger charge is -2.14. The van der Waals surface area contributed by atoms with Gasteiger partial charge in [0, 0.05) is 0 Å². The SMILES string of the molecule is c1ccc(COc2cccc3cccc(OCc4ccccc4)c23)cc1. The molecule has 0 aliphatic carbocycles. The molecule has 0 saturated heterocycles. The van der Waals surface area contributed by atoms with Gasteiger partial charge in [-0.15, -0.1) is 0 Å². The van der Waals surface area contributed by atoms with Crippen LogP contribution in [0.15, 0.2) is 97.1 Å². The third kappa shape index (κ3) is 3.70. The van der Waals surface area contributed by atoms with Crippen LogP contribution in [0.2, 0.25) is 0 Å². The zero-order valence-electron chi connectivity index (χ0n) is 14.5. The molecule has 26 heavy (non-hydrogen) atoms. The molecule has 0 saturated carbocycles. The zero-order chi connectivity index (χ0) is 17.6. The summed E-state index contributed by atoms with van der Waals surface area (Å²) in [6.45, 7) is 1.07. The number of rotatable bonds is 6. The molecule has 0 radical (unpaired) electrons. The van der Waals surface area contributed by atoms with Crippen molar-refractivity contribution < 1.29 is 9.47 Å². The number of fused-ring (bicyclic) bond motifs is 1. The standard InChI is InChI=1S/C24H20O2/c1-3-9-19(10-4-1)17-25-22-15-7-13-21-14-8-16-23(24(21)22)26-18-20-11-5-2-6-12-20/h1-16H,17-18H2. The molecule has 0 bridgehead atoms. The van der Waals surface area contributed by atoms with Crippen LogP contribution in [0.25, 0.3) is 10.8 Å². The van der Waals surface area contributed by atoms with Crippen LogP contribution in [0.3, 0.4) is 0 Å². The summed E-state index contributed by atoms with van der Waals surface area (Å²) >= 11 is 0. The van der Waals surface area contributed by atoms with Gasteiger partial charge < -0.3 is 9.47 Å². The van der Waals surface area contributed by atoms with E-state index in [4.69, 9.17) is 9.47 Å². The van der Waals surface area contributed by atoms with Gasteiger partial charge in [-0.2, -0.15) is 0 Å². The number of hydrogen-bond donors (Lipinski definition) is 0. The normalized spacial score (nSPS) is 10.6. The minimum atomic E-state index is 0.535. The van der Waals surface area contributed by atoms with Gasteiger partial charge in [0.25, 0.3) is 0 Å². The molecule has 0 aliphatic heterocycles. The Balaban J connectivity index is 1.61. The van der Waals surface area contributed by atoms with Crippen LogP contribution in [0.5, 0.6) is 11.5 Å². The van der Waals surface area contributed by atoms with Crippen molar-refractivity contribution in [2.75, 3.05) is 0 Å². The van der Waals surface area contributed by atoms with E-state index in [0.717, 1.165) is 33.4 Å². The fourth-order valence-electron chi connectivity index (χ4n) is 2.98. The molecule has 0 amide bonds. The maximum atomic E-state index is 6.12. The fraction of sp³-hybridized carbons (Fsp3) is 0.0833. The molecule has 4 rings (SSSR count). The quantitative estimate of drug-likeness (QED) is 0.429. The van der Waals surface area contributed by atoms with E-state index in [2.05, 4.69) is 36.4 Å². The van der Waals surface area contributed by atoms with Gasteiger partial charge in [0.2, 0.25) is 0 Å². The highest BCUT2D eigenvalue weighted by Crippen LogP contribution is 2.34. The first kappa shape index (κ1) is 16.2. The average molecular weight is 340 g/mol. The van der Waals surface area contributed by atoms with Gasteiger partial charge in [-0.25, -0.2) is 0 Å². The zero-order valence-corrected chi connectivity index (χ0v) is 14.5. The van der Waals surface area contributed by atoms with Crippen molar-refractivity contribution in [3.8, 4) is 11.5 Å². The van der Waals surface area contributed by atoms with Gasteiger partial charge in [0.1, 0.15) is 24.7 Å². The molecule has 0 fully saturated rings. The lowest BCUT2D eigenvalue weighted by Crippen LogP contribution is -1.99. The first-order chi connectivity index (χ1) is 12.9. The van der Waals surface area contributed by atoms with E-state index >= 15 is 0 Å². The first-order valence-electron chi connectivity index (χ1n) is 8.75. The Labute approximate surface area is 153 Å². The summed E-state index contributed by atoms with van der Waals surface area (Å²) in [6, 6.07) is 32.6. The van der Waals surface area contributed by atoms with Crippen molar-refractivity contribution in [1.29, 1.82) is 0 Å². The molecule has 0 unspecified atom stereocenters. The van der Waals surface area contributed by atoms with Gasteiger partial charge >= 0.3 is 0 Å². The van der Waals surface area contributed by atoms with Gasteiger partial charge in [-0.1, -0.05) is 84.9 Å². The molecular weight excluding hydrogens is 320 g/mol. The van der Waals surface area contributed by atoms with E-state index in [1.165, 1.54) is 0 Å². The lowest BCUT2D eigenvalue weighted by atomic mass is 10.1. The van der Waals surface area contributed by atoms with Crippen molar-refractivity contribution >= 4 is 10.8 Å². The second-order valence-corrected chi connectivity index (χ2v) is 6.16. The average Bonchev–Trinajstić information content (AvgIpc) is 2.72. The summed E-state index contributed by atoms with van der Waals surface area (Å²) in [5.41, 5.74) is 2.29. The monoisotopic (exact) mass is 340 g/mol. The Bertz CT molecular complexity index is 900. The molecule has 0 aromatic heterocycles. The van der Waals surface area contributed by atoms with Crippen LogP contribution in [-0.2, 0) is 13.2 Å². The molecule has 2 heteroatoms. The van der Waals surface area contributed by atoms with E-state index in [9.17, 15) is 0 Å². The highest BCUT2D eigenvalue weighted by atomic mass is 16.5. The van der Waals surface area contributed by atoms with Crippen LogP contribution in [0.1, 0.15) is 11.1 Å². The summed E-state index contributed by atoms with van der Waals surface area (Å²) in [5.74, 6) is 1.69. The van der Waals surface area contributed by atoms with Gasteiger partial charge in [-0.05, 0) is 28.6 Å². The van der Waals surface area contributed by atoms with Crippen molar-refractivity contribution in [3.05, 3.63) is 108 Å². The third-order valence-corrected chi connectivity index (χ3v) is 4.30. The molecule has 0 N–H and O–H groups in total. The van der Waals surface area contributed by atoms with Crippen LogP contribution >= 0.6 is 0 Å². The fourth-order valence-corrected chi connectivity index (χ4v) is 2.98. The molecule has 128 valence electrons. The van der Waals surface area contributed by atoms with E-state index in [1.807, 2.05) is 60.7 Å². The molecular formula is C24H20O2. The van der Waals surface area contributed by atoms with Crippen molar-refractivity contribution in [2.45, 2.75) is 13.2 Å². The summed E-state index contributed by atoms with van der Waals surface area (Å²) in [6.07, 6.45) is 0. The summed E-state index contributed by atoms with van der Waals surface area (Å²) in [4.78, 5) is 0. The Morgan fingerprint density at radius 1 is 0.462 bits per heavy atom. The molecule has 0 spiro atoms. The summed E-state index contributed by atoms with van der Waals surface area (Å²) in [7, 11) is 0. The summed E-state index contributed by atoms with van der Waals surface area (Å²) in [5, 5.41) is 2.13. The Kier molecular flexibility index (Phi) is 4.83. The van der Waals surface area contributed by atoms with Crippen LogP contribution in [0, 0.1) is 0 Å². The van der Waals surface area contributed by atoms with Crippen molar-refractivity contribution in [1.82, 2.24) is 0 Å². The van der Waals surface area contributed by atoms with E-state index in [0.29, 0.717) is 13.2 Å². The van der Waals surface area contributed by atoms with Crippen LogP contribution in [-0.4, -0.2) is 0 Å². The van der Waals surface area contributed by atoms with E-state index < -0.39 is 0 Å². The van der Waals surface area contributed by atoms with E-state index in [1.54, 1.807) is 0 Å². The van der Waals surface area contributed by atoms with Crippen LogP contribution < -0.4 is 9.47 Å². The third-order valence-electron chi connectivity index (χ3n) is 4.30. The highest BCUT2D eigenvalue weighted by Gasteiger charge is 2.09. The molecule has 0 atom stereocenters. The Morgan fingerprint density at radius 2 is 0.923 bits per heavy atom. The lowest BCUT2D eigenvalue weighted by molar-refractivity contribution is 0.298. The Hall–Kier alpha value is -3.26. The topological polar surface area (TPSA) is 18.5 Å². The van der Waals surface area contributed by atoms with Crippen molar-refractivity contribution in [2.24, 2.45) is 0 Å². The number of benzene rings is 4.